The molecule has 0 atom stereocenters. The third-order valence-corrected chi connectivity index (χ3v) is 6.06. The molecular formula is C26H31ClNO+. The second-order valence-corrected chi connectivity index (χ2v) is 8.04. The third-order valence-electron chi connectivity index (χ3n) is 5.81. The van der Waals surface area contributed by atoms with Crippen LogP contribution in [-0.2, 0) is 13.0 Å². The Bertz CT molecular complexity index is 873. The Morgan fingerprint density at radius 3 is 2.10 bits per heavy atom. The minimum atomic E-state index is 0.714. The quantitative estimate of drug-likeness (QED) is 0.354. The lowest BCUT2D eigenvalue weighted by Crippen LogP contribution is -2.49. The van der Waals surface area contributed by atoms with E-state index in [1.807, 2.05) is 18.2 Å². The molecule has 0 aliphatic carbocycles. The first-order valence-corrected chi connectivity index (χ1v) is 10.9. The Morgan fingerprint density at radius 1 is 0.759 bits per heavy atom. The fraction of sp³-hybridized carbons (Fsp3) is 0.308. The number of rotatable bonds is 10. The number of ether oxygens (including phenoxy) is 1. The molecule has 3 aromatic carbocycles. The summed E-state index contributed by atoms with van der Waals surface area (Å²) >= 11 is 6.02. The molecule has 0 saturated heterocycles. The molecule has 3 heteroatoms. The van der Waals surface area contributed by atoms with E-state index in [4.69, 9.17) is 16.3 Å². The number of halogens is 1. The zero-order chi connectivity index (χ0) is 20.5. The Labute approximate surface area is 180 Å². The van der Waals surface area contributed by atoms with Crippen molar-refractivity contribution in [2.24, 2.45) is 0 Å². The summed E-state index contributed by atoms with van der Waals surface area (Å²) in [6, 6.07) is 27.2. The van der Waals surface area contributed by atoms with Gasteiger partial charge in [-0.3, -0.25) is 0 Å². The maximum Gasteiger partial charge on any atom is 0.137 e. The van der Waals surface area contributed by atoms with Crippen molar-refractivity contribution in [3.8, 4) is 5.75 Å². The van der Waals surface area contributed by atoms with E-state index in [1.54, 1.807) is 0 Å². The van der Waals surface area contributed by atoms with Gasteiger partial charge in [-0.2, -0.15) is 0 Å². The van der Waals surface area contributed by atoms with Crippen LogP contribution in [0.3, 0.4) is 0 Å². The van der Waals surface area contributed by atoms with E-state index in [9.17, 15) is 0 Å². The summed E-state index contributed by atoms with van der Waals surface area (Å²) in [4.78, 5) is 0. The summed E-state index contributed by atoms with van der Waals surface area (Å²) in [6.45, 7) is 9.51. The molecule has 0 aliphatic rings. The minimum Gasteiger partial charge on any atom is -0.487 e. The van der Waals surface area contributed by atoms with Gasteiger partial charge in [0, 0.05) is 17.0 Å². The normalized spacial score (nSPS) is 11.4. The summed E-state index contributed by atoms with van der Waals surface area (Å²) in [5, 5.41) is 0.768. The van der Waals surface area contributed by atoms with Gasteiger partial charge in [0.25, 0.3) is 0 Å². The highest BCUT2D eigenvalue weighted by molar-refractivity contribution is 6.30. The largest absolute Gasteiger partial charge is 0.487 e. The van der Waals surface area contributed by atoms with E-state index in [2.05, 4.69) is 74.5 Å². The Hall–Kier alpha value is -2.29. The van der Waals surface area contributed by atoms with Crippen molar-refractivity contribution >= 4 is 11.6 Å². The van der Waals surface area contributed by atoms with Gasteiger partial charge in [-0.25, -0.2) is 0 Å². The van der Waals surface area contributed by atoms with Crippen molar-refractivity contribution < 1.29 is 9.22 Å². The molecule has 0 N–H and O–H groups in total. The standard InChI is InChI=1S/C26H31ClNO/c1-3-28(4-2,21-23-10-6-5-7-11-23)18-19-29-26-13-9-8-12-24(26)20-22-14-16-25(27)17-15-22/h5-17H,3-4,18-21H2,1-2H3/q+1. The van der Waals surface area contributed by atoms with E-state index in [-0.39, 0.29) is 0 Å². The van der Waals surface area contributed by atoms with Crippen LogP contribution in [0.4, 0.5) is 0 Å². The van der Waals surface area contributed by atoms with Gasteiger partial charge in [0.15, 0.2) is 0 Å². The second-order valence-electron chi connectivity index (χ2n) is 7.60. The van der Waals surface area contributed by atoms with E-state index in [1.165, 1.54) is 16.7 Å². The molecule has 0 radical (unpaired) electrons. The average molecular weight is 409 g/mol. The van der Waals surface area contributed by atoms with Crippen molar-refractivity contribution in [3.63, 3.8) is 0 Å². The highest BCUT2D eigenvalue weighted by atomic mass is 35.5. The average Bonchev–Trinajstić information content (AvgIpc) is 2.76. The van der Waals surface area contributed by atoms with Crippen molar-refractivity contribution in [2.45, 2.75) is 26.8 Å². The SMILES string of the molecule is CC[N+](CC)(CCOc1ccccc1Cc1ccc(Cl)cc1)Cc1ccccc1. The van der Waals surface area contributed by atoms with E-state index in [0.717, 1.165) is 47.9 Å². The van der Waals surface area contributed by atoms with Crippen molar-refractivity contribution in [1.29, 1.82) is 0 Å². The van der Waals surface area contributed by atoms with Crippen LogP contribution in [0.5, 0.6) is 5.75 Å². The van der Waals surface area contributed by atoms with Crippen LogP contribution in [-0.4, -0.2) is 30.7 Å². The first-order chi connectivity index (χ1) is 14.1. The fourth-order valence-electron chi connectivity index (χ4n) is 3.78. The topological polar surface area (TPSA) is 9.23 Å². The van der Waals surface area contributed by atoms with Gasteiger partial charge in [-0.05, 0) is 43.2 Å². The first-order valence-electron chi connectivity index (χ1n) is 10.5. The molecule has 152 valence electrons. The molecule has 2 nitrogen and oxygen atoms in total. The minimum absolute atomic E-state index is 0.714. The predicted molar refractivity (Wildman–Crippen MR) is 123 cm³/mol. The highest BCUT2D eigenvalue weighted by Crippen LogP contribution is 2.23. The Morgan fingerprint density at radius 2 is 1.41 bits per heavy atom. The molecule has 0 aliphatic heterocycles. The zero-order valence-electron chi connectivity index (χ0n) is 17.5. The van der Waals surface area contributed by atoms with Gasteiger partial charge in [-0.15, -0.1) is 0 Å². The van der Waals surface area contributed by atoms with Crippen LogP contribution in [0, 0.1) is 0 Å². The number of benzene rings is 3. The summed E-state index contributed by atoms with van der Waals surface area (Å²) in [7, 11) is 0. The zero-order valence-corrected chi connectivity index (χ0v) is 18.2. The number of para-hydroxylation sites is 1. The molecule has 0 bridgehead atoms. The molecule has 3 rings (SSSR count). The molecule has 0 fully saturated rings. The smallest absolute Gasteiger partial charge is 0.137 e. The van der Waals surface area contributed by atoms with Crippen LogP contribution in [0.2, 0.25) is 5.02 Å². The fourth-order valence-corrected chi connectivity index (χ4v) is 3.90. The van der Waals surface area contributed by atoms with E-state index in [0.29, 0.717) is 6.61 Å². The molecule has 0 aromatic heterocycles. The van der Waals surface area contributed by atoms with Crippen LogP contribution >= 0.6 is 11.6 Å². The predicted octanol–water partition coefficient (Wildman–Crippen LogP) is 6.37. The monoisotopic (exact) mass is 408 g/mol. The van der Waals surface area contributed by atoms with Crippen LogP contribution in [0.1, 0.15) is 30.5 Å². The van der Waals surface area contributed by atoms with Gasteiger partial charge in [0.1, 0.15) is 25.4 Å². The second kappa shape index (κ2) is 10.5. The third kappa shape index (κ3) is 6.09. The van der Waals surface area contributed by atoms with Crippen molar-refractivity contribution in [3.05, 3.63) is 101 Å². The maximum atomic E-state index is 6.29. The van der Waals surface area contributed by atoms with Gasteiger partial charge >= 0.3 is 0 Å². The number of hydrogen-bond donors (Lipinski definition) is 0. The van der Waals surface area contributed by atoms with Gasteiger partial charge in [0.05, 0.1) is 13.1 Å². The number of hydrogen-bond acceptors (Lipinski definition) is 1. The summed E-state index contributed by atoms with van der Waals surface area (Å²) in [5.74, 6) is 0.979. The van der Waals surface area contributed by atoms with Crippen LogP contribution < -0.4 is 4.74 Å². The summed E-state index contributed by atoms with van der Waals surface area (Å²) in [6.07, 6.45) is 0.846. The van der Waals surface area contributed by atoms with E-state index >= 15 is 0 Å². The van der Waals surface area contributed by atoms with Crippen LogP contribution in [0.15, 0.2) is 78.9 Å². The molecule has 0 spiro atoms. The number of quaternary nitrogens is 1. The molecule has 0 amide bonds. The lowest BCUT2D eigenvalue weighted by molar-refractivity contribution is -0.937. The number of likely N-dealkylation sites (N-methyl/N-ethyl adjacent to an activating group) is 1. The lowest BCUT2D eigenvalue weighted by atomic mass is 10.0. The van der Waals surface area contributed by atoms with E-state index < -0.39 is 0 Å². The molecule has 3 aromatic rings. The lowest BCUT2D eigenvalue weighted by Gasteiger charge is -2.37. The maximum absolute atomic E-state index is 6.29. The van der Waals surface area contributed by atoms with Crippen molar-refractivity contribution in [1.82, 2.24) is 0 Å². The highest BCUT2D eigenvalue weighted by Gasteiger charge is 2.23. The first kappa shape index (κ1) is 21.4. The van der Waals surface area contributed by atoms with Gasteiger partial charge in [-0.1, -0.05) is 72.3 Å². The molecule has 29 heavy (non-hydrogen) atoms. The van der Waals surface area contributed by atoms with Gasteiger partial charge in [0.2, 0.25) is 0 Å². The Kier molecular flexibility index (Phi) is 7.74. The summed E-state index contributed by atoms with van der Waals surface area (Å²) < 4.78 is 7.32. The van der Waals surface area contributed by atoms with Crippen LogP contribution in [0.25, 0.3) is 0 Å². The Balaban J connectivity index is 1.65. The molecule has 0 saturated carbocycles. The van der Waals surface area contributed by atoms with Gasteiger partial charge < -0.3 is 9.22 Å². The molecule has 0 heterocycles. The summed E-state index contributed by atoms with van der Waals surface area (Å²) in [5.41, 5.74) is 3.84. The van der Waals surface area contributed by atoms with Crippen molar-refractivity contribution in [2.75, 3.05) is 26.2 Å². The molecule has 0 unspecified atom stereocenters. The number of nitrogens with zero attached hydrogens (tertiary/aromatic N) is 1. The molecular weight excluding hydrogens is 378 g/mol.